The maximum atomic E-state index is 12.4. The minimum Gasteiger partial charge on any atom is -0.748 e. The Morgan fingerprint density at radius 2 is 0.609 bits per heavy atom. The molecule has 2 rings (SSSR count). The number of hydrogen-bond donors (Lipinski definition) is 0. The SMILES string of the molecule is CCCCCCCCCCCCCCOC(=O)c1ccccc1C(=O)OCC(CC)S(=O)(=O)[O-].CCCCCCCCCCCCCCOC(=O)c1ccccc1C(=O)OCC(CC)S(=O)(=O)[O-].[Ca+2]. The van der Waals surface area contributed by atoms with E-state index >= 15 is 0 Å². The third-order valence-electron chi connectivity index (χ3n) is 11.7. The summed E-state index contributed by atoms with van der Waals surface area (Å²) >= 11 is 0. The molecule has 0 heterocycles. The maximum absolute atomic E-state index is 12.4. The molecule has 0 saturated heterocycles. The molecule has 0 amide bonds. The van der Waals surface area contributed by atoms with Gasteiger partial charge >= 0.3 is 61.6 Å². The van der Waals surface area contributed by atoms with Gasteiger partial charge in [0.2, 0.25) is 0 Å². The van der Waals surface area contributed by atoms with E-state index in [1.165, 1.54) is 154 Å². The first-order valence-corrected chi connectivity index (χ1v) is 28.3. The van der Waals surface area contributed by atoms with Crippen LogP contribution in [-0.4, -0.2) is 124 Å². The molecule has 0 saturated carbocycles. The molecule has 2 aromatic carbocycles. The quantitative estimate of drug-likeness (QED) is 0.0201. The fourth-order valence-electron chi connectivity index (χ4n) is 7.35. The normalized spacial score (nSPS) is 12.1. The molecule has 69 heavy (non-hydrogen) atoms. The standard InChI is InChI=1S/2C26H42O7S.Ca/c2*1-3-5-6-7-8-9-10-11-12-13-14-17-20-32-25(27)23-18-15-16-19-24(23)26(28)33-21-22(4-2)34(29,30)31;/h2*15-16,18-19,22H,3-14,17,20-21H2,1-2H3,(H,29,30,31);/q;;+2/p-2. The molecule has 0 N–H and O–H groups in total. The van der Waals surface area contributed by atoms with Gasteiger partial charge < -0.3 is 28.1 Å². The molecule has 0 spiro atoms. The molecule has 0 aliphatic carbocycles. The van der Waals surface area contributed by atoms with Crippen LogP contribution in [0.5, 0.6) is 0 Å². The Morgan fingerprint density at radius 3 is 0.826 bits per heavy atom. The van der Waals surface area contributed by atoms with E-state index in [4.69, 9.17) is 18.9 Å². The molecule has 0 fully saturated rings. The van der Waals surface area contributed by atoms with Crippen molar-refractivity contribution in [2.75, 3.05) is 26.4 Å². The van der Waals surface area contributed by atoms with E-state index in [1.54, 1.807) is 24.3 Å². The van der Waals surface area contributed by atoms with Crippen molar-refractivity contribution in [2.24, 2.45) is 0 Å². The Hall–Kier alpha value is -2.60. The predicted octanol–water partition coefficient (Wildman–Crippen LogP) is 11.7. The summed E-state index contributed by atoms with van der Waals surface area (Å²) in [7, 11) is -9.14. The van der Waals surface area contributed by atoms with Gasteiger partial charge in [-0.05, 0) is 49.9 Å². The summed E-state index contributed by atoms with van der Waals surface area (Å²) in [4.78, 5) is 49.7. The zero-order chi connectivity index (χ0) is 50.5. The fourth-order valence-corrected chi connectivity index (χ4v) is 8.64. The molecule has 2 unspecified atom stereocenters. The summed E-state index contributed by atoms with van der Waals surface area (Å²) in [6.07, 6.45) is 29.2. The third-order valence-corrected chi connectivity index (χ3v) is 14.3. The van der Waals surface area contributed by atoms with Gasteiger partial charge in [-0.2, -0.15) is 0 Å². The van der Waals surface area contributed by atoms with Crippen LogP contribution in [0.2, 0.25) is 0 Å². The summed E-state index contributed by atoms with van der Waals surface area (Å²) in [5.41, 5.74) is 0.0922. The number of carbonyl (C=O) groups excluding carboxylic acids is 4. The van der Waals surface area contributed by atoms with Crippen LogP contribution in [-0.2, 0) is 39.2 Å². The number of benzene rings is 2. The van der Waals surface area contributed by atoms with Crippen molar-refractivity contribution in [3.8, 4) is 0 Å². The Kier molecular flexibility index (Phi) is 39.4. The third kappa shape index (κ3) is 31.5. The van der Waals surface area contributed by atoms with Crippen molar-refractivity contribution in [3.05, 3.63) is 70.8 Å². The van der Waals surface area contributed by atoms with Gasteiger partial charge in [-0.25, -0.2) is 36.0 Å². The van der Waals surface area contributed by atoms with E-state index in [-0.39, 0.29) is 86.0 Å². The van der Waals surface area contributed by atoms with Crippen LogP contribution in [0.15, 0.2) is 48.5 Å². The van der Waals surface area contributed by atoms with E-state index in [1.807, 2.05) is 0 Å². The van der Waals surface area contributed by atoms with Gasteiger partial charge in [-0.1, -0.05) is 193 Å². The number of hydrogen-bond acceptors (Lipinski definition) is 14. The van der Waals surface area contributed by atoms with Gasteiger partial charge in [0.05, 0.1) is 46.0 Å². The Balaban J connectivity index is 0.00000132. The average Bonchev–Trinajstić information content (AvgIpc) is 3.31. The van der Waals surface area contributed by atoms with Crippen LogP contribution in [0, 0.1) is 0 Å². The van der Waals surface area contributed by atoms with Crippen LogP contribution < -0.4 is 0 Å². The molecular weight excluding hydrogens is 953 g/mol. The average molecular weight is 1040 g/mol. The van der Waals surface area contributed by atoms with Crippen LogP contribution in [0.25, 0.3) is 0 Å². The van der Waals surface area contributed by atoms with Gasteiger partial charge in [0.1, 0.15) is 33.5 Å². The van der Waals surface area contributed by atoms with E-state index in [0.717, 1.165) is 38.5 Å². The summed E-state index contributed by atoms with van der Waals surface area (Å²) in [5.74, 6) is -2.97. The molecule has 14 nitrogen and oxygen atoms in total. The van der Waals surface area contributed by atoms with Crippen molar-refractivity contribution in [2.45, 2.75) is 205 Å². The molecule has 0 aliphatic heterocycles. The summed E-state index contributed by atoms with van der Waals surface area (Å²) in [5, 5.41) is -2.64. The number of esters is 4. The predicted molar refractivity (Wildman–Crippen MR) is 269 cm³/mol. The molecule has 2 atom stereocenters. The van der Waals surface area contributed by atoms with Crippen molar-refractivity contribution >= 4 is 81.9 Å². The number of ether oxygens (including phenoxy) is 4. The summed E-state index contributed by atoms with van der Waals surface area (Å²) in [6.45, 7) is 6.94. The molecule has 388 valence electrons. The monoisotopic (exact) mass is 1030 g/mol. The Bertz CT molecular complexity index is 1790. The first-order valence-electron chi connectivity index (χ1n) is 25.4. The Morgan fingerprint density at radius 1 is 0.391 bits per heavy atom. The van der Waals surface area contributed by atoms with Crippen LogP contribution in [0.1, 0.15) is 236 Å². The number of carbonyl (C=O) groups is 4. The van der Waals surface area contributed by atoms with Gasteiger partial charge in [0.15, 0.2) is 0 Å². The summed E-state index contributed by atoms with van der Waals surface area (Å²) < 4.78 is 87.6. The zero-order valence-corrected chi connectivity index (χ0v) is 46.1. The number of rotatable bonds is 38. The van der Waals surface area contributed by atoms with Crippen molar-refractivity contribution in [1.29, 1.82) is 0 Å². The van der Waals surface area contributed by atoms with Gasteiger partial charge in [0.25, 0.3) is 0 Å². The molecule has 0 aliphatic rings. The molecule has 0 aromatic heterocycles. The summed E-state index contributed by atoms with van der Waals surface area (Å²) in [6, 6.07) is 12.1. The van der Waals surface area contributed by atoms with Crippen LogP contribution in [0.4, 0.5) is 0 Å². The largest absolute Gasteiger partial charge is 2.00 e. The second-order valence-electron chi connectivity index (χ2n) is 17.4. The molecule has 0 radical (unpaired) electrons. The minimum atomic E-state index is -4.57. The van der Waals surface area contributed by atoms with Crippen molar-refractivity contribution in [1.82, 2.24) is 0 Å². The smallest absolute Gasteiger partial charge is 0.748 e. The van der Waals surface area contributed by atoms with Crippen LogP contribution in [0.3, 0.4) is 0 Å². The van der Waals surface area contributed by atoms with E-state index in [0.29, 0.717) is 0 Å². The minimum absolute atomic E-state index is 0. The second-order valence-corrected chi connectivity index (χ2v) is 20.7. The van der Waals surface area contributed by atoms with E-state index < -0.39 is 67.8 Å². The van der Waals surface area contributed by atoms with Gasteiger partial charge in [-0.15, -0.1) is 0 Å². The molecular formula is C52H82CaO14S2. The van der Waals surface area contributed by atoms with E-state index in [9.17, 15) is 45.1 Å². The molecule has 0 bridgehead atoms. The topological polar surface area (TPSA) is 220 Å². The van der Waals surface area contributed by atoms with Gasteiger partial charge in [0, 0.05) is 0 Å². The fraction of sp³-hybridized carbons (Fsp3) is 0.692. The van der Waals surface area contributed by atoms with Crippen molar-refractivity contribution < 1.29 is 64.1 Å². The second kappa shape index (κ2) is 40.9. The number of unbranched alkanes of at least 4 members (excludes halogenated alkanes) is 22. The van der Waals surface area contributed by atoms with Crippen LogP contribution >= 0.6 is 0 Å². The van der Waals surface area contributed by atoms with Crippen molar-refractivity contribution in [3.63, 3.8) is 0 Å². The maximum Gasteiger partial charge on any atom is 2.00 e. The molecule has 17 heteroatoms. The first kappa shape index (κ1) is 66.4. The first-order chi connectivity index (χ1) is 32.6. The van der Waals surface area contributed by atoms with E-state index in [2.05, 4.69) is 13.8 Å². The Labute approximate surface area is 445 Å². The van der Waals surface area contributed by atoms with Gasteiger partial charge in [-0.3, -0.25) is 0 Å². The molecule has 2 aromatic rings. The zero-order valence-electron chi connectivity index (χ0n) is 42.2.